The molecule has 0 radical (unpaired) electrons. The summed E-state index contributed by atoms with van der Waals surface area (Å²) >= 11 is 1.26. The van der Waals surface area contributed by atoms with Gasteiger partial charge in [0.1, 0.15) is 4.21 Å². The average Bonchev–Trinajstić information content (AvgIpc) is 3.84. The number of hydrogen-bond donors (Lipinski definition) is 2. The molecule has 11 rings (SSSR count). The van der Waals surface area contributed by atoms with Crippen LogP contribution < -0.4 is 0 Å². The van der Waals surface area contributed by atoms with E-state index in [1.54, 1.807) is 10.4 Å². The van der Waals surface area contributed by atoms with E-state index in [0.29, 0.717) is 78.2 Å². The van der Waals surface area contributed by atoms with Gasteiger partial charge in [0.15, 0.2) is 5.78 Å². The van der Waals surface area contributed by atoms with E-state index in [1.807, 2.05) is 72.1 Å². The Hall–Kier alpha value is -3.40. The Bertz CT molecular complexity index is 2250. The van der Waals surface area contributed by atoms with Crippen LogP contribution in [0.3, 0.4) is 0 Å². The lowest BCUT2D eigenvalue weighted by Gasteiger charge is -2.58. The molecule has 0 saturated heterocycles. The number of ketones is 1. The van der Waals surface area contributed by atoms with Gasteiger partial charge >= 0.3 is 0 Å². The van der Waals surface area contributed by atoms with Gasteiger partial charge in [-0.3, -0.25) is 4.79 Å². The van der Waals surface area contributed by atoms with Crippen molar-refractivity contribution in [3.8, 4) is 11.1 Å². The zero-order chi connectivity index (χ0) is 40.3. The summed E-state index contributed by atoms with van der Waals surface area (Å²) in [5.74, 6) is 1.75. The van der Waals surface area contributed by atoms with Crippen molar-refractivity contribution < 1.29 is 23.4 Å². The van der Waals surface area contributed by atoms with Crippen LogP contribution in [-0.4, -0.2) is 53.5 Å². The van der Waals surface area contributed by atoms with Crippen molar-refractivity contribution in [2.24, 2.45) is 28.6 Å². The van der Waals surface area contributed by atoms with Crippen LogP contribution in [0, 0.1) is 28.6 Å². The molecule has 4 atom stereocenters. The van der Waals surface area contributed by atoms with Gasteiger partial charge in [-0.15, -0.1) is 11.3 Å². The predicted octanol–water partition coefficient (Wildman–Crippen LogP) is 10.6. The lowest BCUT2D eigenvalue weighted by atomic mass is 9.49. The maximum atomic E-state index is 15.1. The number of hydrogen-bond acceptors (Lipinski definition) is 6. The molecule has 2 N–H and O–H groups in total. The second-order valence-corrected chi connectivity index (χ2v) is 22.4. The molecule has 7 aliphatic carbocycles. The van der Waals surface area contributed by atoms with E-state index in [0.717, 1.165) is 47.9 Å². The van der Waals surface area contributed by atoms with Gasteiger partial charge in [-0.2, -0.15) is 4.31 Å². The fourth-order valence-electron chi connectivity index (χ4n) is 12.8. The number of carbonyl (C=O) groups excluding carboxylic acids is 1. The number of aliphatic hydroxyl groups is 2. The average molecular weight is 818 g/mol. The molecule has 0 amide bonds. The third-order valence-corrected chi connectivity index (χ3v) is 18.5. The quantitative estimate of drug-likeness (QED) is 0.130. The fraction of sp³-hybridized carbons (Fsp3) is 0.500. The van der Waals surface area contributed by atoms with Gasteiger partial charge in [0.05, 0.1) is 11.7 Å². The molecule has 8 heteroatoms. The van der Waals surface area contributed by atoms with Crippen LogP contribution in [0.5, 0.6) is 0 Å². The Morgan fingerprint density at radius 1 is 0.845 bits per heavy atom. The summed E-state index contributed by atoms with van der Waals surface area (Å²) in [6.45, 7) is 4.78. The molecule has 1 aromatic heterocycles. The lowest BCUT2D eigenvalue weighted by Crippen LogP contribution is -2.57. The van der Waals surface area contributed by atoms with Crippen LogP contribution in [-0.2, 0) is 16.4 Å². The third kappa shape index (κ3) is 7.40. The molecule has 58 heavy (non-hydrogen) atoms. The first-order valence-electron chi connectivity index (χ1n) is 21.8. The predicted molar refractivity (Wildman–Crippen MR) is 232 cm³/mol. The second-order valence-electron chi connectivity index (χ2n) is 19.3. The van der Waals surface area contributed by atoms with Gasteiger partial charge in [-0.25, -0.2) is 8.42 Å². The number of sulfonamides is 1. The molecule has 0 aliphatic heterocycles. The summed E-state index contributed by atoms with van der Waals surface area (Å²) in [7, 11) is -3.89. The van der Waals surface area contributed by atoms with Crippen molar-refractivity contribution in [2.75, 3.05) is 13.1 Å². The minimum Gasteiger partial charge on any atom is -0.393 e. The van der Waals surface area contributed by atoms with E-state index < -0.39 is 27.1 Å². The Kier molecular flexibility index (Phi) is 10.7. The minimum absolute atomic E-state index is 0.0368. The normalized spacial score (nSPS) is 32.2. The highest BCUT2D eigenvalue weighted by Crippen LogP contribution is 2.62. The van der Waals surface area contributed by atoms with Crippen LogP contribution in [0.2, 0.25) is 0 Å². The summed E-state index contributed by atoms with van der Waals surface area (Å²) in [6.07, 6.45) is 13.0. The van der Waals surface area contributed by atoms with E-state index in [1.165, 1.54) is 36.2 Å². The number of thiophene rings is 1. The summed E-state index contributed by atoms with van der Waals surface area (Å²) < 4.78 is 31.8. The van der Waals surface area contributed by atoms with Crippen LogP contribution >= 0.6 is 11.3 Å². The van der Waals surface area contributed by atoms with Crippen LogP contribution in [0.4, 0.5) is 0 Å². The largest absolute Gasteiger partial charge is 0.393 e. The summed E-state index contributed by atoms with van der Waals surface area (Å²) in [6, 6.07) is 27.5. The lowest BCUT2D eigenvalue weighted by molar-refractivity contribution is -0.0920. The van der Waals surface area contributed by atoms with Crippen molar-refractivity contribution in [2.45, 2.75) is 119 Å². The monoisotopic (exact) mass is 817 g/mol. The maximum absolute atomic E-state index is 15.1. The molecule has 5 fully saturated rings. The zero-order valence-corrected chi connectivity index (χ0v) is 35.7. The number of carbonyl (C=O) groups is 1. The first kappa shape index (κ1) is 40.0. The SMILES string of the molecule is CC1=CCCC2(C)C(CCC2(O)CN(CC23CC4CC(CC(C4)C2)C3)S(=O)(=O)c2cccs2)c2ccc(cc2C(=O)c2ccccc2-c2ccccc2)CC(O)CC1. The first-order valence-corrected chi connectivity index (χ1v) is 24.1. The summed E-state index contributed by atoms with van der Waals surface area (Å²) in [4.78, 5) is 15.1. The fourth-order valence-corrected chi connectivity index (χ4v) is 15.6. The number of allylic oxidation sites excluding steroid dienone is 2. The molecule has 306 valence electrons. The highest BCUT2D eigenvalue weighted by atomic mass is 32.2. The van der Waals surface area contributed by atoms with Gasteiger partial charge in [-0.05, 0) is 159 Å². The van der Waals surface area contributed by atoms with E-state index >= 15 is 4.79 Å². The number of aliphatic hydroxyl groups excluding tert-OH is 1. The van der Waals surface area contributed by atoms with Gasteiger partial charge in [0.2, 0.25) is 0 Å². The molecule has 7 aliphatic rings. The van der Waals surface area contributed by atoms with Gasteiger partial charge in [-0.1, -0.05) is 91.4 Å². The summed E-state index contributed by atoms with van der Waals surface area (Å²) in [5.41, 5.74) is 3.92. The summed E-state index contributed by atoms with van der Waals surface area (Å²) in [5, 5.41) is 26.5. The highest BCUT2D eigenvalue weighted by molar-refractivity contribution is 7.91. The molecule has 1 heterocycles. The molecule has 6 nitrogen and oxygen atoms in total. The highest BCUT2D eigenvalue weighted by Gasteiger charge is 2.59. The topological polar surface area (TPSA) is 94.9 Å². The number of rotatable bonds is 9. The Morgan fingerprint density at radius 2 is 1.55 bits per heavy atom. The maximum Gasteiger partial charge on any atom is 0.252 e. The van der Waals surface area contributed by atoms with E-state index in [4.69, 9.17) is 0 Å². The smallest absolute Gasteiger partial charge is 0.252 e. The molecule has 6 bridgehead atoms. The zero-order valence-electron chi connectivity index (χ0n) is 34.1. The number of nitrogens with zero attached hydrogens (tertiary/aromatic N) is 1. The Labute approximate surface area is 349 Å². The Balaban J connectivity index is 1.14. The van der Waals surface area contributed by atoms with E-state index in [-0.39, 0.29) is 23.7 Å². The van der Waals surface area contributed by atoms with Crippen molar-refractivity contribution in [3.05, 3.63) is 124 Å². The van der Waals surface area contributed by atoms with Crippen molar-refractivity contribution >= 4 is 27.1 Å². The molecular formula is C50H59NO5S2. The first-order chi connectivity index (χ1) is 27.8. The van der Waals surface area contributed by atoms with Crippen LogP contribution in [0.25, 0.3) is 11.1 Å². The molecule has 0 spiro atoms. The molecule has 4 unspecified atom stereocenters. The second kappa shape index (κ2) is 15.6. The van der Waals surface area contributed by atoms with Crippen LogP contribution in [0.1, 0.15) is 124 Å². The molecular weight excluding hydrogens is 759 g/mol. The van der Waals surface area contributed by atoms with Crippen molar-refractivity contribution in [1.29, 1.82) is 0 Å². The van der Waals surface area contributed by atoms with Crippen molar-refractivity contribution in [3.63, 3.8) is 0 Å². The van der Waals surface area contributed by atoms with Gasteiger partial charge < -0.3 is 10.2 Å². The standard InChI is InChI=1S/C50H59NO5S2/c1-34-10-8-21-48(2)45(42-19-17-35(27-40(52)18-16-34)28-44(42)47(53)43-14-7-6-13-41(43)39-11-4-3-5-12-39)20-22-50(48,54)33-51(58(55,56)46-15-9-23-57-46)32-49-29-36-24-37(30-49)26-38(25-36)31-49/h3-7,9-15,17,19,23,28,36-38,40,45,52,54H,8,16,18,20-22,24-27,29-33H2,1-2H3. The van der Waals surface area contributed by atoms with E-state index in [2.05, 4.69) is 32.1 Å². The number of fused-ring (bicyclic) bond motifs is 8. The Morgan fingerprint density at radius 3 is 2.26 bits per heavy atom. The van der Waals surface area contributed by atoms with Crippen molar-refractivity contribution in [1.82, 2.24) is 4.31 Å². The molecule has 4 aromatic rings. The molecule has 3 aromatic carbocycles. The molecule has 5 saturated carbocycles. The van der Waals surface area contributed by atoms with Gasteiger partial charge in [0.25, 0.3) is 10.0 Å². The minimum atomic E-state index is -3.89. The third-order valence-electron chi connectivity index (χ3n) is 15.4. The van der Waals surface area contributed by atoms with Crippen LogP contribution in [0.15, 0.2) is 106 Å². The van der Waals surface area contributed by atoms with Gasteiger partial charge in [0, 0.05) is 29.6 Å². The number of benzene rings is 3. The van der Waals surface area contributed by atoms with E-state index in [9.17, 15) is 18.6 Å².